The third-order valence-electron chi connectivity index (χ3n) is 8.11. The van der Waals surface area contributed by atoms with Crippen LogP contribution in [0, 0.1) is 0 Å². The Labute approximate surface area is 247 Å². The van der Waals surface area contributed by atoms with E-state index < -0.39 is 25.0 Å². The highest BCUT2D eigenvalue weighted by molar-refractivity contribution is 7.48. The lowest BCUT2D eigenvalue weighted by atomic mass is 10.1. The van der Waals surface area contributed by atoms with Crippen molar-refractivity contribution in [2.24, 2.45) is 0 Å². The SMILES string of the molecule is CCC(CC)(OP(=O)(OC(CC)(CC)N(CCO)CCO)OC(CC)(CC)N(CCO)CCO)N(CCO)CCO. The molecule has 0 amide bonds. The molecule has 0 aliphatic rings. The van der Waals surface area contributed by atoms with Crippen molar-refractivity contribution in [1.82, 2.24) is 14.7 Å². The van der Waals surface area contributed by atoms with E-state index in [1.54, 1.807) is 14.7 Å². The van der Waals surface area contributed by atoms with Gasteiger partial charge in [-0.3, -0.25) is 28.3 Å². The van der Waals surface area contributed by atoms with E-state index >= 15 is 4.57 Å². The van der Waals surface area contributed by atoms with Crippen molar-refractivity contribution >= 4 is 7.82 Å². The molecule has 0 unspecified atom stereocenters. The zero-order chi connectivity index (χ0) is 31.6. The maximum absolute atomic E-state index is 15.2. The second-order valence-corrected chi connectivity index (χ2v) is 11.4. The second kappa shape index (κ2) is 20.7. The molecular weight excluding hydrogens is 557 g/mol. The molecule has 0 saturated heterocycles. The summed E-state index contributed by atoms with van der Waals surface area (Å²) in [7, 11) is -4.60. The third-order valence-corrected chi connectivity index (χ3v) is 9.80. The van der Waals surface area contributed by atoms with Gasteiger partial charge in [0.25, 0.3) is 0 Å². The average Bonchev–Trinajstić information content (AvgIpc) is 2.97. The monoisotopic (exact) mass is 617 g/mol. The Morgan fingerprint density at radius 2 is 0.610 bits per heavy atom. The molecule has 0 atom stereocenters. The molecule has 0 aromatic carbocycles. The fourth-order valence-corrected chi connectivity index (χ4v) is 8.10. The molecule has 248 valence electrons. The number of hydrogen-bond acceptors (Lipinski definition) is 13. The molecular formula is C27H60N3O10P. The van der Waals surface area contributed by atoms with Crippen LogP contribution in [0.1, 0.15) is 80.1 Å². The molecule has 41 heavy (non-hydrogen) atoms. The van der Waals surface area contributed by atoms with Gasteiger partial charge in [0.05, 0.1) is 39.6 Å². The molecule has 6 N–H and O–H groups in total. The van der Waals surface area contributed by atoms with E-state index in [2.05, 4.69) is 0 Å². The van der Waals surface area contributed by atoms with E-state index in [-0.39, 0.29) is 78.9 Å². The molecule has 0 aliphatic carbocycles. The Balaban J connectivity index is 7.30. The zero-order valence-corrected chi connectivity index (χ0v) is 27.2. The van der Waals surface area contributed by atoms with Crippen molar-refractivity contribution in [2.75, 3.05) is 78.9 Å². The summed E-state index contributed by atoms with van der Waals surface area (Å²) in [5.41, 5.74) is -3.75. The first-order valence-electron chi connectivity index (χ1n) is 15.2. The molecule has 0 fully saturated rings. The Morgan fingerprint density at radius 1 is 0.439 bits per heavy atom. The van der Waals surface area contributed by atoms with Gasteiger partial charge in [0.1, 0.15) is 17.2 Å². The minimum atomic E-state index is -4.60. The van der Waals surface area contributed by atoms with Crippen molar-refractivity contribution in [3.8, 4) is 0 Å². The van der Waals surface area contributed by atoms with Gasteiger partial charge >= 0.3 is 7.82 Å². The van der Waals surface area contributed by atoms with Crippen LogP contribution in [0.4, 0.5) is 0 Å². The van der Waals surface area contributed by atoms with Crippen LogP contribution < -0.4 is 0 Å². The number of nitrogens with zero attached hydrogens (tertiary/aromatic N) is 3. The number of hydrogen-bond donors (Lipinski definition) is 6. The summed E-state index contributed by atoms with van der Waals surface area (Å²) < 4.78 is 34.8. The lowest BCUT2D eigenvalue weighted by molar-refractivity contribution is -0.187. The zero-order valence-electron chi connectivity index (χ0n) is 26.3. The van der Waals surface area contributed by atoms with Crippen LogP contribution in [0.3, 0.4) is 0 Å². The summed E-state index contributed by atoms with van der Waals surface area (Å²) in [6.45, 7) is 10.6. The van der Waals surface area contributed by atoms with Gasteiger partial charge in [0, 0.05) is 39.3 Å². The molecule has 0 saturated carbocycles. The predicted octanol–water partition coefficient (Wildman–Crippen LogP) is 1.55. The summed E-state index contributed by atoms with van der Waals surface area (Å²) in [4.78, 5) is 5.18. The molecule has 0 aromatic rings. The van der Waals surface area contributed by atoms with E-state index in [1.807, 2.05) is 41.5 Å². The summed E-state index contributed by atoms with van der Waals surface area (Å²) >= 11 is 0. The van der Waals surface area contributed by atoms with Gasteiger partial charge in [0.2, 0.25) is 0 Å². The first-order chi connectivity index (χ1) is 19.5. The molecule has 0 aliphatic heterocycles. The van der Waals surface area contributed by atoms with E-state index in [0.29, 0.717) is 38.5 Å². The molecule has 13 nitrogen and oxygen atoms in total. The molecule has 0 radical (unpaired) electrons. The number of rotatable bonds is 27. The Bertz CT molecular complexity index is 600. The molecule has 14 heteroatoms. The summed E-state index contributed by atoms with van der Waals surface area (Å²) in [5.74, 6) is 0. The minimum Gasteiger partial charge on any atom is -0.395 e. The van der Waals surface area contributed by atoms with Crippen LogP contribution in [0.25, 0.3) is 0 Å². The van der Waals surface area contributed by atoms with Gasteiger partial charge in [-0.1, -0.05) is 41.5 Å². The van der Waals surface area contributed by atoms with Gasteiger partial charge < -0.3 is 30.6 Å². The smallest absolute Gasteiger partial charge is 0.395 e. The normalized spacial score (nSPS) is 13.7. The van der Waals surface area contributed by atoms with E-state index in [4.69, 9.17) is 13.6 Å². The van der Waals surface area contributed by atoms with Crippen LogP contribution in [-0.2, 0) is 18.1 Å². The maximum Gasteiger partial charge on any atom is 0.480 e. The van der Waals surface area contributed by atoms with Crippen LogP contribution in [0.2, 0.25) is 0 Å². The van der Waals surface area contributed by atoms with Gasteiger partial charge in [-0.05, 0) is 38.5 Å². The predicted molar refractivity (Wildman–Crippen MR) is 158 cm³/mol. The van der Waals surface area contributed by atoms with Crippen molar-refractivity contribution < 1.29 is 48.8 Å². The van der Waals surface area contributed by atoms with E-state index in [1.165, 1.54) is 0 Å². The standard InChI is InChI=1S/C27H60N3O10P/c1-7-25(8-2,28(13-19-31)14-20-32)38-41(37,39-26(9-3,10-4)29(15-21-33)16-22-34)40-27(11-5,12-6)30(17-23-35)18-24-36/h31-36H,7-24H2,1-6H3. The Hall–Kier alpha value is -0.250. The second-order valence-electron chi connectivity index (χ2n) is 9.98. The Morgan fingerprint density at radius 3 is 0.732 bits per heavy atom. The van der Waals surface area contributed by atoms with E-state index in [9.17, 15) is 30.6 Å². The fraction of sp³-hybridized carbons (Fsp3) is 1.00. The summed E-state index contributed by atoms with van der Waals surface area (Å²) in [6.07, 6.45) is 1.94. The first-order valence-corrected chi connectivity index (χ1v) is 16.6. The number of phosphoric ester groups is 1. The van der Waals surface area contributed by atoms with Crippen molar-refractivity contribution in [1.29, 1.82) is 0 Å². The minimum absolute atomic E-state index is 0.143. The lowest BCUT2D eigenvalue weighted by Crippen LogP contribution is -2.56. The van der Waals surface area contributed by atoms with Gasteiger partial charge in [0.15, 0.2) is 0 Å². The number of aliphatic hydroxyl groups excluding tert-OH is 6. The lowest BCUT2D eigenvalue weighted by Gasteiger charge is -2.50. The highest BCUT2D eigenvalue weighted by Gasteiger charge is 2.53. The van der Waals surface area contributed by atoms with Gasteiger partial charge in [-0.15, -0.1) is 0 Å². The van der Waals surface area contributed by atoms with Crippen molar-refractivity contribution in [3.63, 3.8) is 0 Å². The van der Waals surface area contributed by atoms with Crippen LogP contribution >= 0.6 is 7.82 Å². The maximum atomic E-state index is 15.2. The Kier molecular flexibility index (Phi) is 20.5. The van der Waals surface area contributed by atoms with Crippen LogP contribution in [0.5, 0.6) is 0 Å². The topological polar surface area (TPSA) is 176 Å². The summed E-state index contributed by atoms with van der Waals surface area (Å²) in [6, 6.07) is 0. The quantitative estimate of drug-likeness (QED) is 0.0579. The van der Waals surface area contributed by atoms with Crippen molar-refractivity contribution in [3.05, 3.63) is 0 Å². The molecule has 0 spiro atoms. The van der Waals surface area contributed by atoms with Crippen LogP contribution in [0.15, 0.2) is 0 Å². The average molecular weight is 618 g/mol. The molecule has 0 bridgehead atoms. The van der Waals surface area contributed by atoms with Crippen molar-refractivity contribution in [2.45, 2.75) is 97.2 Å². The first kappa shape index (κ1) is 40.8. The third kappa shape index (κ3) is 11.0. The molecule has 0 rings (SSSR count). The van der Waals surface area contributed by atoms with Crippen LogP contribution in [-0.4, -0.2) is 141 Å². The van der Waals surface area contributed by atoms with E-state index in [0.717, 1.165) is 0 Å². The highest BCUT2D eigenvalue weighted by atomic mass is 31.2. The largest absolute Gasteiger partial charge is 0.480 e. The highest BCUT2D eigenvalue weighted by Crippen LogP contribution is 2.61. The van der Waals surface area contributed by atoms with Gasteiger partial charge in [-0.25, -0.2) is 4.57 Å². The van der Waals surface area contributed by atoms with Gasteiger partial charge in [-0.2, -0.15) is 0 Å². The molecule has 0 heterocycles. The molecule has 0 aromatic heterocycles. The number of phosphoric acid groups is 1. The fourth-order valence-electron chi connectivity index (χ4n) is 5.61. The summed E-state index contributed by atoms with van der Waals surface area (Å²) in [5, 5.41) is 58.8. The number of aliphatic hydroxyl groups is 6.